The van der Waals surface area contributed by atoms with Gasteiger partial charge in [-0.2, -0.15) is 0 Å². The molecule has 0 N–H and O–H groups in total. The zero-order chi connectivity index (χ0) is 28.5. The van der Waals surface area contributed by atoms with Crippen molar-refractivity contribution in [2.24, 2.45) is 0 Å². The molecule has 1 unspecified atom stereocenters. The number of hydrogen-bond donors (Lipinski definition) is 0. The van der Waals surface area contributed by atoms with Crippen molar-refractivity contribution >= 4 is 8.78 Å². The predicted octanol–water partition coefficient (Wildman–Crippen LogP) is 3.11. The molecule has 0 saturated heterocycles. The Balaban J connectivity index is 0.00000192. The zero-order valence-corrected chi connectivity index (χ0v) is 28.6. The summed E-state index contributed by atoms with van der Waals surface area (Å²) < 4.78 is 13.7. The molecule has 218 valence electrons. The Morgan fingerprint density at radius 3 is 1.68 bits per heavy atom. The molecule has 5 aromatic rings. The third kappa shape index (κ3) is 5.70. The molecule has 44 heavy (non-hydrogen) atoms. The van der Waals surface area contributed by atoms with Crippen molar-refractivity contribution in [3.05, 3.63) is 173 Å². The monoisotopic (exact) mass is 692 g/mol. The van der Waals surface area contributed by atoms with Gasteiger partial charge in [0.15, 0.2) is 0 Å². The van der Waals surface area contributed by atoms with E-state index in [9.17, 15) is 0 Å². The molecule has 2 aliphatic rings. The van der Waals surface area contributed by atoms with Crippen molar-refractivity contribution in [2.75, 3.05) is 14.2 Å². The van der Waals surface area contributed by atoms with E-state index in [1.165, 1.54) is 39.0 Å². The third-order valence-corrected chi connectivity index (χ3v) is 17.3. The second-order valence-corrected chi connectivity index (χ2v) is 17.1. The summed E-state index contributed by atoms with van der Waals surface area (Å²) in [5, 5.41) is 0. The van der Waals surface area contributed by atoms with Gasteiger partial charge in [-0.25, -0.2) is 0 Å². The van der Waals surface area contributed by atoms with E-state index < -0.39 is 21.3 Å². The first kappa shape index (κ1) is 31.9. The van der Waals surface area contributed by atoms with Crippen LogP contribution in [0.2, 0.25) is 3.63 Å². The van der Waals surface area contributed by atoms with Crippen molar-refractivity contribution in [3.8, 4) is 22.6 Å². The van der Waals surface area contributed by atoms with Crippen LogP contribution < -0.4 is 34.3 Å². The SMILES string of the molecule is COc1ccc(C2=CC=C[CH]2[Zr+2](=[C](c2ccccc2)c2ccccc2)[CH]2c3ccccc3-c3ccccc32)c(OC)c1.[Cl-].[Cl-]. The van der Waals surface area contributed by atoms with E-state index in [-0.39, 0.29) is 24.8 Å². The van der Waals surface area contributed by atoms with Crippen LogP contribution in [0.5, 0.6) is 11.5 Å². The fourth-order valence-electron chi connectivity index (χ4n) is 6.72. The first-order valence-electron chi connectivity index (χ1n) is 14.4. The molecule has 2 aliphatic carbocycles. The molecule has 0 spiro atoms. The summed E-state index contributed by atoms with van der Waals surface area (Å²) in [7, 11) is 3.46. The number of allylic oxidation sites excluding steroid dienone is 4. The van der Waals surface area contributed by atoms with Gasteiger partial charge in [0.05, 0.1) is 0 Å². The molecule has 0 amide bonds. The maximum absolute atomic E-state index is 5.96. The molecule has 7 rings (SSSR count). The van der Waals surface area contributed by atoms with Gasteiger partial charge in [-0.1, -0.05) is 0 Å². The van der Waals surface area contributed by atoms with Gasteiger partial charge in [0.1, 0.15) is 0 Å². The fraction of sp³-hybridized carbons (Fsp3) is 0.103. The minimum atomic E-state index is -2.86. The van der Waals surface area contributed by atoms with Crippen LogP contribution in [0.4, 0.5) is 0 Å². The Bertz CT molecular complexity index is 1780. The smallest absolute Gasteiger partial charge is 1.00 e. The number of ether oxygens (including phenoxy) is 2. The number of benzene rings is 5. The largest absolute Gasteiger partial charge is 1.00 e. The normalized spacial score (nSPS) is 14.2. The number of halogens is 2. The summed E-state index contributed by atoms with van der Waals surface area (Å²) in [5.74, 6) is 1.65. The van der Waals surface area contributed by atoms with Crippen molar-refractivity contribution in [2.45, 2.75) is 7.25 Å². The van der Waals surface area contributed by atoms with Crippen LogP contribution in [0.25, 0.3) is 16.7 Å². The Morgan fingerprint density at radius 2 is 1.14 bits per heavy atom. The predicted molar refractivity (Wildman–Crippen MR) is 170 cm³/mol. The van der Waals surface area contributed by atoms with E-state index in [1.807, 2.05) is 6.07 Å². The quantitative estimate of drug-likeness (QED) is 0.261. The molecule has 1 atom stereocenters. The van der Waals surface area contributed by atoms with Crippen LogP contribution in [0.3, 0.4) is 0 Å². The Labute approximate surface area is 280 Å². The Hall–Kier alpha value is -3.49. The standard InChI is InChI=1S/C13H13O2.C13H9.C13H10.2ClH.Zr/c1-14-11-7-8-12(13(9-11)15-2)10-5-3-4-6-10;1-3-7-12-10(5-1)9-11-6-2-4-8-13(11)12;1-3-7-12(8-4-1)11-13-9-5-2-6-10-13;;;/h3-9H,1-2H3;1-9H;1-10H;2*1H;/q;;;;;+2/p-2. The van der Waals surface area contributed by atoms with E-state index >= 15 is 0 Å². The van der Waals surface area contributed by atoms with Crippen LogP contribution in [-0.2, 0) is 21.3 Å². The molecule has 0 aromatic heterocycles. The Morgan fingerprint density at radius 1 is 0.591 bits per heavy atom. The first-order chi connectivity index (χ1) is 20.8. The maximum atomic E-state index is 5.96. The molecule has 0 bridgehead atoms. The first-order valence-corrected chi connectivity index (χ1v) is 18.5. The molecule has 5 aromatic carbocycles. The van der Waals surface area contributed by atoms with Crippen LogP contribution in [0.15, 0.2) is 146 Å². The van der Waals surface area contributed by atoms with Crippen molar-refractivity contribution in [1.29, 1.82) is 0 Å². The van der Waals surface area contributed by atoms with Crippen molar-refractivity contribution < 1.29 is 55.6 Å². The average Bonchev–Trinajstić information content (AvgIpc) is 3.67. The molecular formula is C39H32Cl2O2Zr. The third-order valence-electron chi connectivity index (χ3n) is 8.53. The number of methoxy groups -OCH3 is 2. The van der Waals surface area contributed by atoms with E-state index in [2.05, 4.69) is 140 Å². The van der Waals surface area contributed by atoms with Gasteiger partial charge in [0, 0.05) is 0 Å². The van der Waals surface area contributed by atoms with Gasteiger partial charge in [0.25, 0.3) is 0 Å². The van der Waals surface area contributed by atoms with Crippen LogP contribution >= 0.6 is 0 Å². The van der Waals surface area contributed by atoms with Crippen molar-refractivity contribution in [3.63, 3.8) is 0 Å². The summed E-state index contributed by atoms with van der Waals surface area (Å²) in [6.45, 7) is 0. The summed E-state index contributed by atoms with van der Waals surface area (Å²) in [6, 6.07) is 46.6. The van der Waals surface area contributed by atoms with E-state index in [4.69, 9.17) is 9.47 Å². The molecule has 0 saturated carbocycles. The molecule has 0 aliphatic heterocycles. The van der Waals surface area contributed by atoms with Crippen LogP contribution in [0.1, 0.15) is 31.4 Å². The topological polar surface area (TPSA) is 18.5 Å². The minimum absolute atomic E-state index is 0. The van der Waals surface area contributed by atoms with Gasteiger partial charge < -0.3 is 24.8 Å². The van der Waals surface area contributed by atoms with Crippen LogP contribution in [-0.4, -0.2) is 17.4 Å². The number of fused-ring (bicyclic) bond motifs is 3. The average molecular weight is 695 g/mol. The second-order valence-electron chi connectivity index (χ2n) is 10.7. The van der Waals surface area contributed by atoms with E-state index in [1.54, 1.807) is 17.4 Å². The molecule has 0 fully saturated rings. The van der Waals surface area contributed by atoms with Gasteiger partial charge in [-0.05, 0) is 0 Å². The van der Waals surface area contributed by atoms with Crippen LogP contribution in [0, 0.1) is 0 Å². The number of hydrogen-bond acceptors (Lipinski definition) is 2. The van der Waals surface area contributed by atoms with Crippen molar-refractivity contribution in [1.82, 2.24) is 0 Å². The number of rotatable bonds is 7. The minimum Gasteiger partial charge on any atom is -1.00 e. The summed E-state index contributed by atoms with van der Waals surface area (Å²) >= 11 is -2.86. The summed E-state index contributed by atoms with van der Waals surface area (Å²) in [5.41, 5.74) is 10.9. The Kier molecular flexibility index (Phi) is 10.2. The molecular weight excluding hydrogens is 663 g/mol. The van der Waals surface area contributed by atoms with Gasteiger partial charge >= 0.3 is 257 Å². The zero-order valence-electron chi connectivity index (χ0n) is 24.6. The van der Waals surface area contributed by atoms with Gasteiger partial charge in [-0.15, -0.1) is 0 Å². The molecule has 2 nitrogen and oxygen atoms in total. The summed E-state index contributed by atoms with van der Waals surface area (Å²) in [6.07, 6.45) is 7.06. The van der Waals surface area contributed by atoms with E-state index in [0.29, 0.717) is 7.25 Å². The van der Waals surface area contributed by atoms with E-state index in [0.717, 1.165) is 17.1 Å². The molecule has 0 radical (unpaired) electrons. The molecule has 0 heterocycles. The molecule has 5 heteroatoms. The fourth-order valence-corrected chi connectivity index (χ4v) is 16.6. The summed E-state index contributed by atoms with van der Waals surface area (Å²) in [4.78, 5) is 0. The second kappa shape index (κ2) is 14.1. The maximum Gasteiger partial charge on any atom is -1.00 e. The van der Waals surface area contributed by atoms with Gasteiger partial charge in [0.2, 0.25) is 0 Å². The van der Waals surface area contributed by atoms with Gasteiger partial charge in [-0.3, -0.25) is 0 Å².